The lowest BCUT2D eigenvalue weighted by atomic mass is 9.90. The lowest BCUT2D eigenvalue weighted by Gasteiger charge is -2.20. The van der Waals surface area contributed by atoms with Gasteiger partial charge in [-0.15, -0.1) is 0 Å². The first-order chi connectivity index (χ1) is 8.32. The average Bonchev–Trinajstić information content (AvgIpc) is 2.26. The molecular weight excluding hydrogens is 244 g/mol. The zero-order valence-electron chi connectivity index (χ0n) is 11.6. The third-order valence-corrected chi connectivity index (χ3v) is 3.32. The summed E-state index contributed by atoms with van der Waals surface area (Å²) in [5.74, 6) is 0. The number of hydrogen-bond acceptors (Lipinski definition) is 2. The molecule has 0 saturated carbocycles. The van der Waals surface area contributed by atoms with Gasteiger partial charge in [-0.25, -0.2) is 0 Å². The van der Waals surface area contributed by atoms with Crippen LogP contribution in [-0.4, -0.2) is 12.0 Å². The zero-order chi connectivity index (χ0) is 13.5. The highest BCUT2D eigenvalue weighted by Crippen LogP contribution is 2.32. The first kappa shape index (κ1) is 13.2. The van der Waals surface area contributed by atoms with Crippen molar-refractivity contribution in [1.29, 1.82) is 0 Å². The molecule has 0 aliphatic carbocycles. The first-order valence-electron chi connectivity index (χ1n) is 6.12. The van der Waals surface area contributed by atoms with Crippen LogP contribution < -0.4 is 5.32 Å². The van der Waals surface area contributed by atoms with Crippen molar-refractivity contribution < 1.29 is 0 Å². The van der Waals surface area contributed by atoms with E-state index in [1.807, 2.05) is 26.1 Å². The molecule has 0 fully saturated rings. The van der Waals surface area contributed by atoms with E-state index in [1.165, 1.54) is 0 Å². The van der Waals surface area contributed by atoms with E-state index in [4.69, 9.17) is 16.6 Å². The van der Waals surface area contributed by atoms with Crippen molar-refractivity contribution >= 4 is 28.2 Å². The highest BCUT2D eigenvalue weighted by Gasteiger charge is 2.18. The number of fused-ring (bicyclic) bond motifs is 1. The minimum Gasteiger partial charge on any atom is -0.388 e. The number of halogens is 1. The minimum atomic E-state index is 0.0336. The van der Waals surface area contributed by atoms with Gasteiger partial charge in [-0.3, -0.25) is 4.98 Å². The highest BCUT2D eigenvalue weighted by molar-refractivity contribution is 6.31. The summed E-state index contributed by atoms with van der Waals surface area (Å²) in [6.45, 7) is 8.57. The summed E-state index contributed by atoms with van der Waals surface area (Å²) in [5.41, 5.74) is 4.34. The molecule has 0 radical (unpaired) electrons. The van der Waals surface area contributed by atoms with E-state index in [0.29, 0.717) is 0 Å². The minimum absolute atomic E-state index is 0.0336. The second-order valence-electron chi connectivity index (χ2n) is 5.67. The van der Waals surface area contributed by atoms with Gasteiger partial charge in [0.15, 0.2) is 0 Å². The molecule has 0 bridgehead atoms. The lowest BCUT2D eigenvalue weighted by Crippen LogP contribution is -2.14. The summed E-state index contributed by atoms with van der Waals surface area (Å²) < 4.78 is 0. The number of hydrogen-bond donors (Lipinski definition) is 1. The molecule has 3 heteroatoms. The standard InChI is InChI=1S/C15H19ClN2/c1-9-6-10(16)7-11-12(17-5)8-13(15(2,3)4)18-14(9)11/h6-8H,1-5H3,(H,17,18). The molecule has 0 unspecified atom stereocenters. The fourth-order valence-corrected chi connectivity index (χ4v) is 2.32. The Kier molecular flexibility index (Phi) is 3.24. The van der Waals surface area contributed by atoms with Gasteiger partial charge in [-0.1, -0.05) is 32.4 Å². The van der Waals surface area contributed by atoms with Gasteiger partial charge in [0.05, 0.1) is 5.52 Å². The maximum atomic E-state index is 6.13. The van der Waals surface area contributed by atoms with Crippen molar-refractivity contribution in [3.63, 3.8) is 0 Å². The summed E-state index contributed by atoms with van der Waals surface area (Å²) in [6, 6.07) is 6.04. The number of rotatable bonds is 1. The molecule has 96 valence electrons. The maximum absolute atomic E-state index is 6.13. The van der Waals surface area contributed by atoms with Crippen molar-refractivity contribution in [1.82, 2.24) is 4.98 Å². The summed E-state index contributed by atoms with van der Waals surface area (Å²) >= 11 is 6.13. The van der Waals surface area contributed by atoms with Gasteiger partial charge in [0, 0.05) is 34.3 Å². The summed E-state index contributed by atoms with van der Waals surface area (Å²) in [5, 5.41) is 5.07. The Bertz CT molecular complexity index is 597. The van der Waals surface area contributed by atoms with Gasteiger partial charge >= 0.3 is 0 Å². The normalized spacial score (nSPS) is 11.9. The van der Waals surface area contributed by atoms with Gasteiger partial charge in [0.25, 0.3) is 0 Å². The topological polar surface area (TPSA) is 24.9 Å². The molecule has 1 heterocycles. The summed E-state index contributed by atoms with van der Waals surface area (Å²) in [7, 11) is 1.93. The molecule has 2 aromatic rings. The molecule has 0 atom stereocenters. The van der Waals surface area contributed by atoms with Crippen LogP contribution in [0.1, 0.15) is 32.0 Å². The van der Waals surface area contributed by atoms with E-state index in [2.05, 4.69) is 32.2 Å². The van der Waals surface area contributed by atoms with Crippen LogP contribution in [0.25, 0.3) is 10.9 Å². The third-order valence-electron chi connectivity index (χ3n) is 3.11. The van der Waals surface area contributed by atoms with Crippen LogP contribution in [0.15, 0.2) is 18.2 Å². The number of aromatic nitrogens is 1. The van der Waals surface area contributed by atoms with Crippen molar-refractivity contribution in [2.45, 2.75) is 33.1 Å². The predicted octanol–water partition coefficient (Wildman–Crippen LogP) is 4.54. The monoisotopic (exact) mass is 262 g/mol. The van der Waals surface area contributed by atoms with Gasteiger partial charge in [-0.2, -0.15) is 0 Å². The van der Waals surface area contributed by atoms with Gasteiger partial charge in [0.1, 0.15) is 0 Å². The highest BCUT2D eigenvalue weighted by atomic mass is 35.5. The van der Waals surface area contributed by atoms with Crippen molar-refractivity contribution in [2.75, 3.05) is 12.4 Å². The molecule has 0 saturated heterocycles. The van der Waals surface area contributed by atoms with Crippen LogP contribution in [0.2, 0.25) is 5.02 Å². The molecule has 0 amide bonds. The third kappa shape index (κ3) is 2.30. The molecule has 0 aliphatic rings. The molecular formula is C15H19ClN2. The quantitative estimate of drug-likeness (QED) is 0.816. The van der Waals surface area contributed by atoms with Crippen LogP contribution in [-0.2, 0) is 5.41 Å². The van der Waals surface area contributed by atoms with Gasteiger partial charge in [-0.05, 0) is 30.7 Å². The number of nitrogens with one attached hydrogen (secondary N) is 1. The van der Waals surface area contributed by atoms with E-state index in [1.54, 1.807) is 0 Å². The van der Waals surface area contributed by atoms with Crippen LogP contribution in [0.3, 0.4) is 0 Å². The zero-order valence-corrected chi connectivity index (χ0v) is 12.3. The SMILES string of the molecule is CNc1cc(C(C)(C)C)nc2c(C)cc(Cl)cc12. The number of anilines is 1. The molecule has 1 aromatic heterocycles. The van der Waals surface area contributed by atoms with Gasteiger partial charge < -0.3 is 5.32 Å². The van der Waals surface area contributed by atoms with Crippen molar-refractivity contribution in [3.05, 3.63) is 34.5 Å². The van der Waals surface area contributed by atoms with E-state index < -0.39 is 0 Å². The molecule has 0 aliphatic heterocycles. The van der Waals surface area contributed by atoms with Crippen LogP contribution in [0, 0.1) is 6.92 Å². The fraction of sp³-hybridized carbons (Fsp3) is 0.400. The Morgan fingerprint density at radius 3 is 2.39 bits per heavy atom. The Labute approximate surface area is 113 Å². The number of pyridine rings is 1. The molecule has 0 spiro atoms. The number of benzene rings is 1. The lowest BCUT2D eigenvalue weighted by molar-refractivity contribution is 0.571. The first-order valence-corrected chi connectivity index (χ1v) is 6.50. The van der Waals surface area contributed by atoms with E-state index in [9.17, 15) is 0 Å². The Morgan fingerprint density at radius 2 is 1.83 bits per heavy atom. The average molecular weight is 263 g/mol. The van der Waals surface area contributed by atoms with E-state index in [0.717, 1.165) is 32.9 Å². The predicted molar refractivity (Wildman–Crippen MR) is 79.7 cm³/mol. The second-order valence-corrected chi connectivity index (χ2v) is 6.11. The second kappa shape index (κ2) is 4.43. The van der Waals surface area contributed by atoms with Crippen LogP contribution >= 0.6 is 11.6 Å². The smallest absolute Gasteiger partial charge is 0.0756 e. The number of aryl methyl sites for hydroxylation is 1. The molecule has 2 rings (SSSR count). The molecule has 1 N–H and O–H groups in total. The molecule has 18 heavy (non-hydrogen) atoms. The molecule has 2 nitrogen and oxygen atoms in total. The maximum Gasteiger partial charge on any atom is 0.0756 e. The Hall–Kier alpha value is -1.28. The van der Waals surface area contributed by atoms with Gasteiger partial charge in [0.2, 0.25) is 0 Å². The fourth-order valence-electron chi connectivity index (χ4n) is 2.05. The van der Waals surface area contributed by atoms with Crippen LogP contribution in [0.4, 0.5) is 5.69 Å². The van der Waals surface area contributed by atoms with Crippen LogP contribution in [0.5, 0.6) is 0 Å². The number of nitrogens with zero attached hydrogens (tertiary/aromatic N) is 1. The van der Waals surface area contributed by atoms with E-state index >= 15 is 0 Å². The Balaban J connectivity index is 2.84. The molecule has 1 aromatic carbocycles. The summed E-state index contributed by atoms with van der Waals surface area (Å²) in [4.78, 5) is 4.80. The largest absolute Gasteiger partial charge is 0.388 e. The summed E-state index contributed by atoms with van der Waals surface area (Å²) in [6.07, 6.45) is 0. The van der Waals surface area contributed by atoms with E-state index in [-0.39, 0.29) is 5.41 Å². The van der Waals surface area contributed by atoms with Crippen molar-refractivity contribution in [2.24, 2.45) is 0 Å². The van der Waals surface area contributed by atoms with Crippen molar-refractivity contribution in [3.8, 4) is 0 Å². The Morgan fingerprint density at radius 1 is 1.17 bits per heavy atom.